The van der Waals surface area contributed by atoms with Crippen LogP contribution in [0.3, 0.4) is 0 Å². The molecule has 1 aromatic carbocycles. The van der Waals surface area contributed by atoms with Crippen LogP contribution in [-0.4, -0.2) is 37.2 Å². The number of urea groups is 1. The van der Waals surface area contributed by atoms with Gasteiger partial charge < -0.3 is 20.6 Å². The molecule has 1 aromatic rings. The molecular weight excluding hydrogens is 258 g/mol. The molecule has 6 heteroatoms. The summed E-state index contributed by atoms with van der Waals surface area (Å²) >= 11 is 0. The summed E-state index contributed by atoms with van der Waals surface area (Å²) in [4.78, 5) is 24.7. The van der Waals surface area contributed by atoms with Crippen LogP contribution in [-0.2, 0) is 4.79 Å². The minimum absolute atomic E-state index is 0.186. The summed E-state index contributed by atoms with van der Waals surface area (Å²) in [6.07, 6.45) is 0. The second-order valence-electron chi connectivity index (χ2n) is 5.10. The highest BCUT2D eigenvalue weighted by Gasteiger charge is 2.23. The fraction of sp³-hybridized carbons (Fsp3) is 0.429. The molecule has 0 aliphatic carbocycles. The number of carbonyl (C=O) groups is 2. The van der Waals surface area contributed by atoms with Gasteiger partial charge in [0.05, 0.1) is 0 Å². The number of hydrogen-bond donors (Lipinski definition) is 3. The van der Waals surface area contributed by atoms with Gasteiger partial charge in [0.15, 0.2) is 0 Å². The standard InChI is InChI=1S/C14H21N3O3/c1-9(2)12(13(18)19)16-14(20)15-10-5-7-11(8-6-10)17(3)4/h5-9,12H,1-4H3,(H,18,19)(H2,15,16,20)/t12-/m1/s1. The summed E-state index contributed by atoms with van der Waals surface area (Å²) in [5, 5.41) is 14.1. The van der Waals surface area contributed by atoms with Crippen LogP contribution in [0.4, 0.5) is 16.2 Å². The Morgan fingerprint density at radius 3 is 2.10 bits per heavy atom. The first-order valence-electron chi connectivity index (χ1n) is 6.39. The summed E-state index contributed by atoms with van der Waals surface area (Å²) in [7, 11) is 3.85. The Balaban J connectivity index is 2.64. The number of nitrogens with one attached hydrogen (secondary N) is 2. The minimum atomic E-state index is -1.04. The molecule has 0 saturated carbocycles. The Morgan fingerprint density at radius 2 is 1.70 bits per heavy atom. The van der Waals surface area contributed by atoms with E-state index >= 15 is 0 Å². The fourth-order valence-corrected chi connectivity index (χ4v) is 1.66. The van der Waals surface area contributed by atoms with Crippen LogP contribution in [0.2, 0.25) is 0 Å². The van der Waals surface area contributed by atoms with E-state index in [9.17, 15) is 9.59 Å². The number of amides is 2. The summed E-state index contributed by atoms with van der Waals surface area (Å²) in [5.74, 6) is -1.23. The van der Waals surface area contributed by atoms with E-state index in [1.54, 1.807) is 26.0 Å². The van der Waals surface area contributed by atoms with Crippen molar-refractivity contribution in [2.75, 3.05) is 24.3 Å². The molecule has 0 bridgehead atoms. The first-order chi connectivity index (χ1) is 9.31. The van der Waals surface area contributed by atoms with Crippen LogP contribution >= 0.6 is 0 Å². The highest BCUT2D eigenvalue weighted by atomic mass is 16.4. The van der Waals surface area contributed by atoms with Crippen LogP contribution < -0.4 is 15.5 Å². The summed E-state index contributed by atoms with van der Waals surface area (Å²) in [6.45, 7) is 3.48. The van der Waals surface area contributed by atoms with E-state index in [4.69, 9.17) is 5.11 Å². The lowest BCUT2D eigenvalue weighted by atomic mass is 10.1. The Hall–Kier alpha value is -2.24. The summed E-state index contributed by atoms with van der Waals surface area (Å²) < 4.78 is 0. The van der Waals surface area contributed by atoms with Gasteiger partial charge in [-0.3, -0.25) is 0 Å². The zero-order valence-corrected chi connectivity index (χ0v) is 12.2. The lowest BCUT2D eigenvalue weighted by molar-refractivity contribution is -0.140. The first-order valence-corrected chi connectivity index (χ1v) is 6.39. The number of carbonyl (C=O) groups excluding carboxylic acids is 1. The fourth-order valence-electron chi connectivity index (χ4n) is 1.66. The highest BCUT2D eigenvalue weighted by Crippen LogP contribution is 2.15. The molecule has 110 valence electrons. The molecule has 6 nitrogen and oxygen atoms in total. The maximum atomic E-state index is 11.8. The number of nitrogens with zero attached hydrogens (tertiary/aromatic N) is 1. The largest absolute Gasteiger partial charge is 0.480 e. The predicted molar refractivity (Wildman–Crippen MR) is 79.2 cm³/mol. The second kappa shape index (κ2) is 6.79. The third-order valence-corrected chi connectivity index (χ3v) is 2.86. The number of carboxylic acids is 1. The topological polar surface area (TPSA) is 81.7 Å². The Labute approximate surface area is 118 Å². The van der Waals surface area contributed by atoms with Gasteiger partial charge in [-0.15, -0.1) is 0 Å². The molecule has 1 rings (SSSR count). The van der Waals surface area contributed by atoms with Crippen LogP contribution in [0.5, 0.6) is 0 Å². The lowest BCUT2D eigenvalue weighted by Crippen LogP contribution is -2.46. The van der Waals surface area contributed by atoms with Gasteiger partial charge in [-0.25, -0.2) is 9.59 Å². The molecule has 0 saturated heterocycles. The van der Waals surface area contributed by atoms with Crippen LogP contribution in [0.1, 0.15) is 13.8 Å². The maximum Gasteiger partial charge on any atom is 0.326 e. The van der Waals surface area contributed by atoms with Crippen molar-refractivity contribution >= 4 is 23.4 Å². The first kappa shape index (κ1) is 15.8. The quantitative estimate of drug-likeness (QED) is 0.770. The van der Waals surface area contributed by atoms with E-state index in [2.05, 4.69) is 10.6 Å². The zero-order chi connectivity index (χ0) is 15.3. The molecule has 0 unspecified atom stereocenters. The smallest absolute Gasteiger partial charge is 0.326 e. The molecule has 0 aliphatic rings. The zero-order valence-electron chi connectivity index (χ0n) is 12.2. The van der Waals surface area contributed by atoms with Gasteiger partial charge in [0.1, 0.15) is 6.04 Å². The van der Waals surface area contributed by atoms with E-state index in [0.29, 0.717) is 5.69 Å². The predicted octanol–water partition coefficient (Wildman–Crippen LogP) is 1.98. The van der Waals surface area contributed by atoms with E-state index < -0.39 is 18.0 Å². The number of benzene rings is 1. The average molecular weight is 279 g/mol. The SMILES string of the molecule is CC(C)[C@@H](NC(=O)Nc1ccc(N(C)C)cc1)C(=O)O. The molecule has 0 heterocycles. The minimum Gasteiger partial charge on any atom is -0.480 e. The number of carboxylic acid groups (broad SMARTS) is 1. The Kier molecular flexibility index (Phi) is 5.37. The molecule has 3 N–H and O–H groups in total. The van der Waals surface area contributed by atoms with Crippen molar-refractivity contribution in [1.82, 2.24) is 5.32 Å². The highest BCUT2D eigenvalue weighted by molar-refractivity contribution is 5.92. The molecule has 0 aliphatic heterocycles. The maximum absolute atomic E-state index is 11.8. The van der Waals surface area contributed by atoms with E-state index in [-0.39, 0.29) is 5.92 Å². The Bertz CT molecular complexity index is 469. The van der Waals surface area contributed by atoms with E-state index in [1.807, 2.05) is 31.1 Å². The number of rotatable bonds is 5. The van der Waals surface area contributed by atoms with Crippen molar-refractivity contribution in [1.29, 1.82) is 0 Å². The van der Waals surface area contributed by atoms with Crippen LogP contribution in [0.15, 0.2) is 24.3 Å². The van der Waals surface area contributed by atoms with Crippen molar-refractivity contribution in [2.45, 2.75) is 19.9 Å². The summed E-state index contributed by atoms with van der Waals surface area (Å²) in [6, 6.07) is 5.83. The van der Waals surface area contributed by atoms with Gasteiger partial charge in [0.2, 0.25) is 0 Å². The number of hydrogen-bond acceptors (Lipinski definition) is 3. The third-order valence-electron chi connectivity index (χ3n) is 2.86. The van der Waals surface area contributed by atoms with Crippen LogP contribution in [0, 0.1) is 5.92 Å². The van der Waals surface area contributed by atoms with Gasteiger partial charge in [-0.05, 0) is 30.2 Å². The van der Waals surface area contributed by atoms with E-state index in [0.717, 1.165) is 5.69 Å². The summed E-state index contributed by atoms with van der Waals surface area (Å²) in [5.41, 5.74) is 1.63. The number of anilines is 2. The van der Waals surface area contributed by atoms with Crippen LogP contribution in [0.25, 0.3) is 0 Å². The molecule has 0 spiro atoms. The van der Waals surface area contributed by atoms with Crippen molar-refractivity contribution in [2.24, 2.45) is 5.92 Å². The van der Waals surface area contributed by atoms with Gasteiger partial charge in [-0.2, -0.15) is 0 Å². The molecule has 0 aromatic heterocycles. The molecule has 0 fully saturated rings. The van der Waals surface area contributed by atoms with Crippen molar-refractivity contribution in [3.05, 3.63) is 24.3 Å². The van der Waals surface area contributed by atoms with Crippen molar-refractivity contribution < 1.29 is 14.7 Å². The van der Waals surface area contributed by atoms with Gasteiger partial charge in [0, 0.05) is 25.5 Å². The lowest BCUT2D eigenvalue weighted by Gasteiger charge is -2.18. The van der Waals surface area contributed by atoms with Gasteiger partial charge >= 0.3 is 12.0 Å². The molecular formula is C14H21N3O3. The Morgan fingerprint density at radius 1 is 1.15 bits per heavy atom. The van der Waals surface area contributed by atoms with E-state index in [1.165, 1.54) is 0 Å². The monoisotopic (exact) mass is 279 g/mol. The normalized spacial score (nSPS) is 11.8. The van der Waals surface area contributed by atoms with Crippen molar-refractivity contribution in [3.8, 4) is 0 Å². The van der Waals surface area contributed by atoms with Gasteiger partial charge in [0.25, 0.3) is 0 Å². The van der Waals surface area contributed by atoms with Crippen molar-refractivity contribution in [3.63, 3.8) is 0 Å². The van der Waals surface area contributed by atoms with Gasteiger partial charge in [-0.1, -0.05) is 13.8 Å². The molecule has 0 radical (unpaired) electrons. The second-order valence-corrected chi connectivity index (χ2v) is 5.10. The average Bonchev–Trinajstić information content (AvgIpc) is 2.35. The molecule has 20 heavy (non-hydrogen) atoms. The number of aliphatic carboxylic acids is 1. The third kappa shape index (κ3) is 4.46. The molecule has 1 atom stereocenters. The molecule has 2 amide bonds.